The van der Waals surface area contributed by atoms with E-state index in [2.05, 4.69) is 52.7 Å². The Morgan fingerprint density at radius 2 is 1.80 bits per heavy atom. The predicted octanol–water partition coefficient (Wildman–Crippen LogP) is 2.86. The first-order valence-electron chi connectivity index (χ1n) is 9.21. The van der Waals surface area contributed by atoms with Crippen LogP contribution in [-0.2, 0) is 17.7 Å². The third-order valence-corrected chi connectivity index (χ3v) is 5.03. The highest BCUT2D eigenvalue weighted by Crippen LogP contribution is 2.26. The highest BCUT2D eigenvalue weighted by atomic mass is 16.5. The van der Waals surface area contributed by atoms with Crippen LogP contribution in [-0.4, -0.2) is 39.5 Å². The molecule has 2 aromatic carbocycles. The van der Waals surface area contributed by atoms with Gasteiger partial charge in [0, 0.05) is 37.8 Å². The van der Waals surface area contributed by atoms with Crippen LogP contribution in [0.25, 0.3) is 0 Å². The molecule has 2 heterocycles. The van der Waals surface area contributed by atoms with E-state index in [1.807, 2.05) is 6.07 Å². The van der Waals surface area contributed by atoms with Crippen molar-refractivity contribution in [1.82, 2.24) is 5.32 Å². The highest BCUT2D eigenvalue weighted by molar-refractivity contribution is 5.47. The molecule has 1 saturated heterocycles. The number of para-hydroxylation sites is 1. The number of nitrogens with one attached hydrogen (secondary N) is 1. The van der Waals surface area contributed by atoms with E-state index in [4.69, 9.17) is 9.47 Å². The largest absolute Gasteiger partial charge is 0.493 e. The van der Waals surface area contributed by atoms with Crippen molar-refractivity contribution in [2.24, 2.45) is 5.92 Å². The first kappa shape index (κ1) is 16.4. The molecule has 0 aromatic heterocycles. The predicted molar refractivity (Wildman–Crippen MR) is 100 cm³/mol. The molecule has 2 aliphatic rings. The molecule has 0 saturated carbocycles. The number of anilines is 1. The van der Waals surface area contributed by atoms with Gasteiger partial charge in [-0.1, -0.05) is 30.3 Å². The molecule has 4 nitrogen and oxygen atoms in total. The van der Waals surface area contributed by atoms with Crippen molar-refractivity contribution in [3.05, 3.63) is 59.7 Å². The van der Waals surface area contributed by atoms with Crippen molar-refractivity contribution < 1.29 is 9.47 Å². The Balaban J connectivity index is 1.25. The van der Waals surface area contributed by atoms with Gasteiger partial charge >= 0.3 is 0 Å². The van der Waals surface area contributed by atoms with Gasteiger partial charge in [-0.25, -0.2) is 0 Å². The molecule has 2 aliphatic heterocycles. The number of fused-ring (bicyclic) bond motifs is 1. The summed E-state index contributed by atoms with van der Waals surface area (Å²) in [6, 6.07) is 17.3. The van der Waals surface area contributed by atoms with E-state index in [0.717, 1.165) is 58.2 Å². The van der Waals surface area contributed by atoms with Crippen LogP contribution in [0.2, 0.25) is 0 Å². The summed E-state index contributed by atoms with van der Waals surface area (Å²) in [5.74, 6) is 1.60. The minimum atomic E-state index is 0.544. The van der Waals surface area contributed by atoms with Gasteiger partial charge in [0.2, 0.25) is 0 Å². The number of hydrogen-bond acceptors (Lipinski definition) is 4. The SMILES string of the molecule is c1ccc2c(c1)CC(CNCc1ccc(N3CCOCC3)cc1)CO2. The van der Waals surface area contributed by atoms with Crippen LogP contribution in [0.15, 0.2) is 48.5 Å². The molecule has 2 aromatic rings. The smallest absolute Gasteiger partial charge is 0.122 e. The van der Waals surface area contributed by atoms with Crippen molar-refractivity contribution in [2.45, 2.75) is 13.0 Å². The average Bonchev–Trinajstić information content (AvgIpc) is 2.69. The maximum absolute atomic E-state index is 5.87. The van der Waals surface area contributed by atoms with Gasteiger partial charge in [-0.2, -0.15) is 0 Å². The van der Waals surface area contributed by atoms with Crippen LogP contribution in [0, 0.1) is 5.92 Å². The van der Waals surface area contributed by atoms with E-state index < -0.39 is 0 Å². The molecule has 0 radical (unpaired) electrons. The first-order chi connectivity index (χ1) is 12.4. The summed E-state index contributed by atoms with van der Waals surface area (Å²) in [5, 5.41) is 3.59. The van der Waals surface area contributed by atoms with Crippen molar-refractivity contribution >= 4 is 5.69 Å². The summed E-state index contributed by atoms with van der Waals surface area (Å²) < 4.78 is 11.3. The lowest BCUT2D eigenvalue weighted by Gasteiger charge is -2.29. The van der Waals surface area contributed by atoms with Crippen LogP contribution >= 0.6 is 0 Å². The normalized spacial score (nSPS) is 20.0. The minimum Gasteiger partial charge on any atom is -0.493 e. The van der Waals surface area contributed by atoms with Crippen LogP contribution in [0.5, 0.6) is 5.75 Å². The van der Waals surface area contributed by atoms with E-state index in [0.29, 0.717) is 5.92 Å². The Labute approximate surface area is 149 Å². The molecular weight excluding hydrogens is 312 g/mol. The van der Waals surface area contributed by atoms with Crippen molar-refractivity contribution in [3.63, 3.8) is 0 Å². The summed E-state index contributed by atoms with van der Waals surface area (Å²) in [6.45, 7) is 6.33. The topological polar surface area (TPSA) is 33.7 Å². The minimum absolute atomic E-state index is 0.544. The molecule has 1 N–H and O–H groups in total. The third-order valence-electron chi connectivity index (χ3n) is 5.03. The maximum Gasteiger partial charge on any atom is 0.122 e. The summed E-state index contributed by atoms with van der Waals surface area (Å²) in [7, 11) is 0. The van der Waals surface area contributed by atoms with Gasteiger partial charge in [0.15, 0.2) is 0 Å². The van der Waals surface area contributed by atoms with Gasteiger partial charge in [0.1, 0.15) is 5.75 Å². The lowest BCUT2D eigenvalue weighted by atomic mass is 9.97. The molecule has 0 bridgehead atoms. The molecule has 0 spiro atoms. The molecule has 1 fully saturated rings. The zero-order valence-electron chi connectivity index (χ0n) is 14.6. The van der Waals surface area contributed by atoms with E-state index in [1.165, 1.54) is 16.8 Å². The second-order valence-corrected chi connectivity index (χ2v) is 6.89. The van der Waals surface area contributed by atoms with Crippen molar-refractivity contribution in [2.75, 3.05) is 44.4 Å². The van der Waals surface area contributed by atoms with Gasteiger partial charge in [-0.15, -0.1) is 0 Å². The fourth-order valence-electron chi connectivity index (χ4n) is 3.59. The summed E-state index contributed by atoms with van der Waals surface area (Å²) >= 11 is 0. The zero-order valence-corrected chi connectivity index (χ0v) is 14.6. The Morgan fingerprint density at radius 3 is 2.64 bits per heavy atom. The Kier molecular flexibility index (Phi) is 5.19. The van der Waals surface area contributed by atoms with E-state index in [9.17, 15) is 0 Å². The van der Waals surface area contributed by atoms with Gasteiger partial charge < -0.3 is 19.7 Å². The molecule has 0 aliphatic carbocycles. The molecule has 4 heteroatoms. The molecule has 1 atom stereocenters. The summed E-state index contributed by atoms with van der Waals surface area (Å²) in [5.41, 5.74) is 3.95. The molecular formula is C21H26N2O2. The second kappa shape index (κ2) is 7.89. The Hall–Kier alpha value is -2.04. The van der Waals surface area contributed by atoms with Gasteiger partial charge in [-0.3, -0.25) is 0 Å². The molecule has 0 amide bonds. The molecule has 1 unspecified atom stereocenters. The molecule has 132 valence electrons. The fraction of sp³-hybridized carbons (Fsp3) is 0.429. The molecule has 4 rings (SSSR count). The summed E-state index contributed by atoms with van der Waals surface area (Å²) in [6.07, 6.45) is 1.10. The third kappa shape index (κ3) is 4.14. The zero-order chi connectivity index (χ0) is 16.9. The second-order valence-electron chi connectivity index (χ2n) is 6.89. The van der Waals surface area contributed by atoms with Crippen LogP contribution in [0.1, 0.15) is 11.1 Å². The van der Waals surface area contributed by atoms with Crippen LogP contribution < -0.4 is 15.0 Å². The van der Waals surface area contributed by atoms with E-state index >= 15 is 0 Å². The number of hydrogen-bond donors (Lipinski definition) is 1. The lowest BCUT2D eigenvalue weighted by Crippen LogP contribution is -2.36. The van der Waals surface area contributed by atoms with Crippen LogP contribution in [0.4, 0.5) is 5.69 Å². The van der Waals surface area contributed by atoms with Crippen molar-refractivity contribution in [1.29, 1.82) is 0 Å². The van der Waals surface area contributed by atoms with Crippen molar-refractivity contribution in [3.8, 4) is 5.75 Å². The highest BCUT2D eigenvalue weighted by Gasteiger charge is 2.19. The number of benzene rings is 2. The number of morpholine rings is 1. The number of ether oxygens (including phenoxy) is 2. The Bertz CT molecular complexity index is 681. The van der Waals surface area contributed by atoms with E-state index in [-0.39, 0.29) is 0 Å². The maximum atomic E-state index is 5.87. The Morgan fingerprint density at radius 1 is 1.00 bits per heavy atom. The van der Waals surface area contributed by atoms with Gasteiger partial charge in [0.05, 0.1) is 19.8 Å². The fourth-order valence-corrected chi connectivity index (χ4v) is 3.59. The van der Waals surface area contributed by atoms with Gasteiger partial charge in [0.25, 0.3) is 0 Å². The van der Waals surface area contributed by atoms with Crippen LogP contribution in [0.3, 0.4) is 0 Å². The number of nitrogens with zero attached hydrogens (tertiary/aromatic N) is 1. The molecule has 25 heavy (non-hydrogen) atoms. The quantitative estimate of drug-likeness (QED) is 0.909. The van der Waals surface area contributed by atoms with Gasteiger partial charge in [-0.05, 0) is 35.7 Å². The summed E-state index contributed by atoms with van der Waals surface area (Å²) in [4.78, 5) is 2.39. The average molecular weight is 338 g/mol. The standard InChI is InChI=1S/C21H26N2O2/c1-2-4-21-19(3-1)13-18(16-25-21)15-22-14-17-5-7-20(8-6-17)23-9-11-24-12-10-23/h1-8,18,22H,9-16H2. The lowest BCUT2D eigenvalue weighted by molar-refractivity contribution is 0.122. The monoisotopic (exact) mass is 338 g/mol. The number of rotatable bonds is 5. The van der Waals surface area contributed by atoms with E-state index in [1.54, 1.807) is 0 Å². The first-order valence-corrected chi connectivity index (χ1v) is 9.21.